The molecule has 1 atom stereocenters. The summed E-state index contributed by atoms with van der Waals surface area (Å²) in [4.78, 5) is 0. The maximum atomic E-state index is 11.6. The van der Waals surface area contributed by atoms with Gasteiger partial charge in [-0.05, 0) is 69.0 Å². The lowest BCUT2D eigenvalue weighted by Crippen LogP contribution is -2.77. The molecule has 3 aromatic rings. The number of rotatable bonds is 9. The van der Waals surface area contributed by atoms with Crippen LogP contribution in [0.5, 0.6) is 11.5 Å². The van der Waals surface area contributed by atoms with Crippen molar-refractivity contribution in [1.29, 1.82) is 5.26 Å². The van der Waals surface area contributed by atoms with Gasteiger partial charge in [-0.25, -0.2) is 13.1 Å². The van der Waals surface area contributed by atoms with Gasteiger partial charge in [-0.3, -0.25) is 0 Å². The lowest BCUT2D eigenvalue weighted by molar-refractivity contribution is -0.193. The Hall–Kier alpha value is -2.73. The number of hydrogen-bond acceptors (Lipinski definition) is 5. The zero-order valence-electron chi connectivity index (χ0n) is 20.0. The molecule has 3 aliphatic rings. The Balaban J connectivity index is 1.33. The number of fused-ring (bicyclic) bond motifs is 1. The number of ether oxygens (including phenoxy) is 2. The van der Waals surface area contributed by atoms with Gasteiger partial charge in [-0.15, -0.1) is 0 Å². The molecule has 3 fully saturated rings. The predicted molar refractivity (Wildman–Crippen MR) is 136 cm³/mol. The van der Waals surface area contributed by atoms with E-state index >= 15 is 0 Å². The predicted octanol–water partition coefficient (Wildman–Crippen LogP) is 5.18. The summed E-state index contributed by atoms with van der Waals surface area (Å²) in [6.07, 6.45) is 6.41. The summed E-state index contributed by atoms with van der Waals surface area (Å²) in [6, 6.07) is 13.7. The summed E-state index contributed by atoms with van der Waals surface area (Å²) >= 11 is 6.46. The maximum Gasteiger partial charge on any atom is 0.209 e. The van der Waals surface area contributed by atoms with Crippen LogP contribution in [-0.2, 0) is 10.0 Å². The highest BCUT2D eigenvalue weighted by atomic mass is 35.5. The molecule has 184 valence electrons. The third-order valence-corrected chi connectivity index (χ3v) is 8.27. The summed E-state index contributed by atoms with van der Waals surface area (Å²) in [6.45, 7) is 4.56. The molecular weight excluding hydrogens is 486 g/mol. The van der Waals surface area contributed by atoms with Crippen LogP contribution in [-0.4, -0.2) is 37.5 Å². The Morgan fingerprint density at radius 3 is 2.63 bits per heavy atom. The Kier molecular flexibility index (Phi) is 5.78. The molecule has 0 saturated heterocycles. The minimum absolute atomic E-state index is 0.0158. The normalized spacial score (nSPS) is 23.7. The molecule has 0 spiro atoms. The van der Waals surface area contributed by atoms with E-state index in [1.807, 2.05) is 48.0 Å². The SMILES string of the molecule is CCCOc1c(Cl)cc(-n2ccc3cc(OC(C)C45CC(NS(C)(=O)=O)(C4)C5)ccc32)cc1C#N. The monoisotopic (exact) mass is 513 g/mol. The van der Waals surface area contributed by atoms with Crippen LogP contribution < -0.4 is 14.2 Å². The largest absolute Gasteiger partial charge is 0.491 e. The van der Waals surface area contributed by atoms with E-state index in [2.05, 4.69) is 17.7 Å². The molecule has 1 unspecified atom stereocenters. The van der Waals surface area contributed by atoms with Gasteiger partial charge in [0.25, 0.3) is 0 Å². The van der Waals surface area contributed by atoms with Crippen LogP contribution in [0.3, 0.4) is 0 Å². The molecule has 0 aliphatic heterocycles. The quantitative estimate of drug-likeness (QED) is 0.425. The van der Waals surface area contributed by atoms with E-state index in [9.17, 15) is 13.7 Å². The summed E-state index contributed by atoms with van der Waals surface area (Å²) in [5.74, 6) is 1.19. The second-order valence-corrected chi connectivity index (χ2v) is 12.1. The van der Waals surface area contributed by atoms with Crippen LogP contribution in [0.25, 0.3) is 16.6 Å². The molecule has 9 heteroatoms. The average molecular weight is 514 g/mol. The number of halogens is 1. The maximum absolute atomic E-state index is 11.6. The summed E-state index contributed by atoms with van der Waals surface area (Å²) in [5.41, 5.74) is 1.91. The molecule has 3 saturated carbocycles. The van der Waals surface area contributed by atoms with Gasteiger partial charge in [0.1, 0.15) is 17.9 Å². The van der Waals surface area contributed by atoms with Crippen LogP contribution in [0, 0.1) is 16.7 Å². The van der Waals surface area contributed by atoms with Crippen LogP contribution in [0.2, 0.25) is 5.02 Å². The van der Waals surface area contributed by atoms with Crippen LogP contribution in [0.1, 0.15) is 45.1 Å². The minimum atomic E-state index is -3.20. The smallest absolute Gasteiger partial charge is 0.209 e. The lowest BCUT2D eigenvalue weighted by Gasteiger charge is -2.71. The van der Waals surface area contributed by atoms with Crippen molar-refractivity contribution >= 4 is 32.5 Å². The Morgan fingerprint density at radius 1 is 1.23 bits per heavy atom. The van der Waals surface area contributed by atoms with Crippen molar-refractivity contribution < 1.29 is 17.9 Å². The molecule has 2 aromatic carbocycles. The number of hydrogen-bond donors (Lipinski definition) is 1. The first kappa shape index (κ1) is 24.0. The van der Waals surface area contributed by atoms with E-state index in [1.165, 1.54) is 6.26 Å². The lowest BCUT2D eigenvalue weighted by atomic mass is 9.38. The molecule has 1 N–H and O–H groups in total. The van der Waals surface area contributed by atoms with Crippen LogP contribution in [0.4, 0.5) is 0 Å². The van der Waals surface area contributed by atoms with Crippen LogP contribution in [0.15, 0.2) is 42.6 Å². The van der Waals surface area contributed by atoms with E-state index in [1.54, 1.807) is 6.07 Å². The molecule has 35 heavy (non-hydrogen) atoms. The zero-order valence-corrected chi connectivity index (χ0v) is 21.5. The molecular formula is C26H28ClN3O4S. The topological polar surface area (TPSA) is 93.3 Å². The summed E-state index contributed by atoms with van der Waals surface area (Å²) in [7, 11) is -3.20. The highest BCUT2D eigenvalue weighted by molar-refractivity contribution is 7.88. The van der Waals surface area contributed by atoms with Crippen molar-refractivity contribution in [3.05, 3.63) is 53.2 Å². The highest BCUT2D eigenvalue weighted by Gasteiger charge is 2.71. The van der Waals surface area contributed by atoms with Crippen molar-refractivity contribution in [3.63, 3.8) is 0 Å². The minimum Gasteiger partial charge on any atom is -0.491 e. The number of nitrogens with zero attached hydrogens (tertiary/aromatic N) is 2. The molecule has 1 aromatic heterocycles. The van der Waals surface area contributed by atoms with Gasteiger partial charge < -0.3 is 14.0 Å². The van der Waals surface area contributed by atoms with E-state index in [4.69, 9.17) is 21.1 Å². The first-order valence-electron chi connectivity index (χ1n) is 11.7. The van der Waals surface area contributed by atoms with Gasteiger partial charge in [0.2, 0.25) is 10.0 Å². The van der Waals surface area contributed by atoms with E-state index < -0.39 is 10.0 Å². The van der Waals surface area contributed by atoms with Crippen LogP contribution >= 0.6 is 11.6 Å². The summed E-state index contributed by atoms with van der Waals surface area (Å²) < 4.78 is 39.9. The first-order chi connectivity index (χ1) is 16.6. The van der Waals surface area contributed by atoms with Gasteiger partial charge in [0.15, 0.2) is 5.75 Å². The molecule has 1 heterocycles. The van der Waals surface area contributed by atoms with Gasteiger partial charge in [0, 0.05) is 28.2 Å². The number of sulfonamides is 1. The number of nitrogens with one attached hydrogen (secondary N) is 1. The Labute approximate surface area is 210 Å². The van der Waals surface area contributed by atoms with E-state index in [0.717, 1.165) is 48.0 Å². The van der Waals surface area contributed by atoms with E-state index in [0.29, 0.717) is 22.9 Å². The third-order valence-electron chi connectivity index (χ3n) is 7.19. The number of aromatic nitrogens is 1. The first-order valence-corrected chi connectivity index (χ1v) is 14.0. The standard InChI is InChI=1S/C26H28ClN3O4S/c1-4-9-33-24-19(13-28)10-20(12-22(24)27)30-8-7-18-11-21(5-6-23(18)30)34-17(2)25-14-26(15-25,16-25)29-35(3,31)32/h5-8,10-12,17,29H,4,9,14-16H2,1-3H3. The molecule has 3 aliphatic carbocycles. The molecule has 0 amide bonds. The molecule has 2 bridgehead atoms. The van der Waals surface area contributed by atoms with Gasteiger partial charge in [0.05, 0.1) is 29.0 Å². The molecule has 7 nitrogen and oxygen atoms in total. The fraction of sp³-hybridized carbons (Fsp3) is 0.423. The molecule has 6 rings (SSSR count). The van der Waals surface area contributed by atoms with E-state index in [-0.39, 0.29) is 17.1 Å². The van der Waals surface area contributed by atoms with Gasteiger partial charge in [-0.2, -0.15) is 5.26 Å². The van der Waals surface area contributed by atoms with Gasteiger partial charge in [-0.1, -0.05) is 18.5 Å². The molecule has 0 radical (unpaired) electrons. The van der Waals surface area contributed by atoms with Gasteiger partial charge >= 0.3 is 0 Å². The van der Waals surface area contributed by atoms with Crippen molar-refractivity contribution in [2.45, 2.75) is 51.2 Å². The fourth-order valence-corrected chi connectivity index (χ4v) is 6.97. The Bertz CT molecular complexity index is 1440. The second kappa shape index (κ2) is 8.44. The van der Waals surface area contributed by atoms with Crippen molar-refractivity contribution in [1.82, 2.24) is 9.29 Å². The van der Waals surface area contributed by atoms with Crippen molar-refractivity contribution in [2.24, 2.45) is 5.41 Å². The zero-order chi connectivity index (χ0) is 25.0. The number of benzene rings is 2. The average Bonchev–Trinajstić information content (AvgIpc) is 3.16. The highest BCUT2D eigenvalue weighted by Crippen LogP contribution is 2.69. The van der Waals surface area contributed by atoms with Crippen molar-refractivity contribution in [2.75, 3.05) is 12.9 Å². The second-order valence-electron chi connectivity index (χ2n) is 9.98. The third kappa shape index (κ3) is 4.26. The van der Waals surface area contributed by atoms with Crippen molar-refractivity contribution in [3.8, 4) is 23.3 Å². The summed E-state index contributed by atoms with van der Waals surface area (Å²) in [5, 5.41) is 11.0. The fourth-order valence-electron chi connectivity index (χ4n) is 5.70. The Morgan fingerprint density at radius 2 is 1.97 bits per heavy atom. The number of nitriles is 1.